The molecule has 2 aromatic heterocycles. The summed E-state index contributed by atoms with van der Waals surface area (Å²) in [4.78, 5) is 8.62. The summed E-state index contributed by atoms with van der Waals surface area (Å²) in [5, 5.41) is 21.2. The fraction of sp³-hybridized carbons (Fsp3) is 0.429. The van der Waals surface area contributed by atoms with E-state index in [1.165, 1.54) is 37.0 Å². The molecule has 1 aliphatic rings. The standard InChI is InChI=1S/C14H13N5S/c15-5-12-13(6-16)19(9-17-12)7-11-8-20-14(18-11)10-3-1-2-4-10/h8-10H,1-4,7H2. The van der Waals surface area contributed by atoms with Crippen LogP contribution in [0.15, 0.2) is 11.7 Å². The summed E-state index contributed by atoms with van der Waals surface area (Å²) in [5.74, 6) is 0.613. The molecule has 2 aromatic rings. The van der Waals surface area contributed by atoms with Crippen LogP contribution >= 0.6 is 11.3 Å². The average molecular weight is 283 g/mol. The number of hydrogen-bond donors (Lipinski definition) is 0. The van der Waals surface area contributed by atoms with Crippen LogP contribution < -0.4 is 0 Å². The van der Waals surface area contributed by atoms with Crippen LogP contribution in [0.3, 0.4) is 0 Å². The van der Waals surface area contributed by atoms with E-state index in [1.54, 1.807) is 15.9 Å². The van der Waals surface area contributed by atoms with Crippen LogP contribution in [0, 0.1) is 22.7 Å². The molecule has 1 saturated carbocycles. The first-order chi connectivity index (χ1) is 9.81. The first-order valence-corrected chi connectivity index (χ1v) is 7.49. The summed E-state index contributed by atoms with van der Waals surface area (Å²) in [7, 11) is 0. The Morgan fingerprint density at radius 1 is 1.30 bits per heavy atom. The Morgan fingerprint density at radius 3 is 2.80 bits per heavy atom. The van der Waals surface area contributed by atoms with Gasteiger partial charge in [-0.25, -0.2) is 9.97 Å². The zero-order chi connectivity index (χ0) is 13.9. The van der Waals surface area contributed by atoms with Gasteiger partial charge in [0.15, 0.2) is 11.4 Å². The van der Waals surface area contributed by atoms with Crippen LogP contribution in [-0.4, -0.2) is 14.5 Å². The quantitative estimate of drug-likeness (QED) is 0.867. The maximum absolute atomic E-state index is 9.10. The molecule has 0 aromatic carbocycles. The third-order valence-electron chi connectivity index (χ3n) is 3.66. The van der Waals surface area contributed by atoms with E-state index in [-0.39, 0.29) is 5.69 Å². The molecule has 20 heavy (non-hydrogen) atoms. The molecule has 0 saturated heterocycles. The van der Waals surface area contributed by atoms with Crippen molar-refractivity contribution in [1.29, 1.82) is 10.5 Å². The predicted molar refractivity (Wildman–Crippen MR) is 74.1 cm³/mol. The minimum absolute atomic E-state index is 0.179. The second-order valence-electron chi connectivity index (χ2n) is 4.95. The normalized spacial score (nSPS) is 15.1. The van der Waals surface area contributed by atoms with Gasteiger partial charge in [0.25, 0.3) is 0 Å². The lowest BCUT2D eigenvalue weighted by Gasteiger charge is -2.03. The summed E-state index contributed by atoms with van der Waals surface area (Å²) in [5.41, 5.74) is 1.43. The van der Waals surface area contributed by atoms with Crippen LogP contribution in [0.2, 0.25) is 0 Å². The second kappa shape index (κ2) is 5.44. The summed E-state index contributed by atoms with van der Waals surface area (Å²) in [6.07, 6.45) is 6.60. The van der Waals surface area contributed by atoms with Gasteiger partial charge in [-0.3, -0.25) is 0 Å². The smallest absolute Gasteiger partial charge is 0.176 e. The third-order valence-corrected chi connectivity index (χ3v) is 4.71. The molecular weight excluding hydrogens is 270 g/mol. The molecule has 3 rings (SSSR count). The van der Waals surface area contributed by atoms with Gasteiger partial charge in [-0.2, -0.15) is 10.5 Å². The van der Waals surface area contributed by atoms with E-state index in [0.29, 0.717) is 18.2 Å². The Hall–Kier alpha value is -2.18. The SMILES string of the molecule is N#Cc1ncn(Cc2csc(C3CCCC3)n2)c1C#N. The molecule has 1 aliphatic carbocycles. The number of hydrogen-bond acceptors (Lipinski definition) is 5. The summed E-state index contributed by atoms with van der Waals surface area (Å²) < 4.78 is 1.69. The van der Waals surface area contributed by atoms with E-state index in [0.717, 1.165) is 5.69 Å². The van der Waals surface area contributed by atoms with E-state index in [1.807, 2.05) is 17.5 Å². The number of aromatic nitrogens is 3. The highest BCUT2D eigenvalue weighted by Crippen LogP contribution is 2.35. The van der Waals surface area contributed by atoms with E-state index >= 15 is 0 Å². The topological polar surface area (TPSA) is 78.3 Å². The first-order valence-electron chi connectivity index (χ1n) is 6.61. The third kappa shape index (κ3) is 2.31. The van der Waals surface area contributed by atoms with Crippen molar-refractivity contribution in [2.24, 2.45) is 0 Å². The van der Waals surface area contributed by atoms with Crippen molar-refractivity contribution in [3.05, 3.63) is 33.8 Å². The largest absolute Gasteiger partial charge is 0.315 e. The van der Waals surface area contributed by atoms with Gasteiger partial charge in [0.1, 0.15) is 12.1 Å². The second-order valence-corrected chi connectivity index (χ2v) is 5.84. The highest BCUT2D eigenvalue weighted by atomic mass is 32.1. The average Bonchev–Trinajstić information content (AvgIpc) is 3.19. The molecule has 0 aliphatic heterocycles. The molecule has 0 atom stereocenters. The molecule has 6 heteroatoms. The van der Waals surface area contributed by atoms with Crippen molar-refractivity contribution in [2.75, 3.05) is 0 Å². The molecule has 0 radical (unpaired) electrons. The lowest BCUT2D eigenvalue weighted by Crippen LogP contribution is -2.02. The van der Waals surface area contributed by atoms with Gasteiger partial charge in [-0.1, -0.05) is 12.8 Å². The molecule has 100 valence electrons. The van der Waals surface area contributed by atoms with Gasteiger partial charge < -0.3 is 4.57 Å². The Labute approximate surface area is 121 Å². The number of nitrogens with zero attached hydrogens (tertiary/aromatic N) is 5. The lowest BCUT2D eigenvalue weighted by molar-refractivity contribution is 0.701. The highest BCUT2D eigenvalue weighted by molar-refractivity contribution is 7.09. The van der Waals surface area contributed by atoms with Crippen LogP contribution in [0.5, 0.6) is 0 Å². The minimum atomic E-state index is 0.179. The molecule has 2 heterocycles. The van der Waals surface area contributed by atoms with Crippen molar-refractivity contribution in [3.63, 3.8) is 0 Å². The molecule has 0 unspecified atom stereocenters. The Morgan fingerprint density at radius 2 is 2.10 bits per heavy atom. The van der Waals surface area contributed by atoms with Crippen molar-refractivity contribution in [3.8, 4) is 12.1 Å². The van der Waals surface area contributed by atoms with Gasteiger partial charge in [-0.15, -0.1) is 11.3 Å². The van der Waals surface area contributed by atoms with E-state index in [9.17, 15) is 0 Å². The predicted octanol–water partition coefficient (Wildman–Crippen LogP) is 2.79. The van der Waals surface area contributed by atoms with Crippen molar-refractivity contribution in [2.45, 2.75) is 38.1 Å². The molecule has 1 fully saturated rings. The first kappa shape index (κ1) is 12.8. The Balaban J connectivity index is 1.80. The van der Waals surface area contributed by atoms with Gasteiger partial charge in [0, 0.05) is 11.3 Å². The van der Waals surface area contributed by atoms with Crippen LogP contribution in [0.25, 0.3) is 0 Å². The van der Waals surface area contributed by atoms with E-state index < -0.39 is 0 Å². The van der Waals surface area contributed by atoms with Crippen molar-refractivity contribution < 1.29 is 0 Å². The van der Waals surface area contributed by atoms with Crippen molar-refractivity contribution >= 4 is 11.3 Å². The molecule has 0 bridgehead atoms. The fourth-order valence-electron chi connectivity index (χ4n) is 2.63. The van der Waals surface area contributed by atoms with Crippen LogP contribution in [0.4, 0.5) is 0 Å². The summed E-state index contributed by atoms with van der Waals surface area (Å²) >= 11 is 1.70. The van der Waals surface area contributed by atoms with E-state index in [4.69, 9.17) is 10.5 Å². The monoisotopic (exact) mass is 283 g/mol. The number of thiazole rings is 1. The fourth-order valence-corrected chi connectivity index (χ4v) is 3.61. The maximum atomic E-state index is 9.10. The van der Waals surface area contributed by atoms with Crippen molar-refractivity contribution in [1.82, 2.24) is 14.5 Å². The number of imidazole rings is 1. The van der Waals surface area contributed by atoms with Gasteiger partial charge in [0.05, 0.1) is 23.6 Å². The minimum Gasteiger partial charge on any atom is -0.315 e. The Kier molecular flexibility index (Phi) is 3.49. The Bertz CT molecular complexity index is 694. The molecule has 0 spiro atoms. The van der Waals surface area contributed by atoms with Crippen LogP contribution in [0.1, 0.15) is 53.7 Å². The molecule has 0 amide bonds. The highest BCUT2D eigenvalue weighted by Gasteiger charge is 2.20. The van der Waals surface area contributed by atoms with Gasteiger partial charge in [-0.05, 0) is 12.8 Å². The lowest BCUT2D eigenvalue weighted by atomic mass is 10.1. The van der Waals surface area contributed by atoms with Gasteiger partial charge >= 0.3 is 0 Å². The summed E-state index contributed by atoms with van der Waals surface area (Å²) in [6.45, 7) is 0.501. The van der Waals surface area contributed by atoms with E-state index in [2.05, 4.69) is 9.97 Å². The molecule has 5 nitrogen and oxygen atoms in total. The molecule has 0 N–H and O–H groups in total. The number of nitriles is 2. The summed E-state index contributed by atoms with van der Waals surface area (Å²) in [6, 6.07) is 3.96. The number of rotatable bonds is 3. The zero-order valence-corrected chi connectivity index (χ0v) is 11.7. The van der Waals surface area contributed by atoms with Crippen LogP contribution in [-0.2, 0) is 6.54 Å². The maximum Gasteiger partial charge on any atom is 0.176 e. The molecular formula is C14H13N5S. The van der Waals surface area contributed by atoms with Gasteiger partial charge in [0.2, 0.25) is 0 Å². The zero-order valence-electron chi connectivity index (χ0n) is 10.9.